The van der Waals surface area contributed by atoms with Gasteiger partial charge in [0.2, 0.25) is 0 Å². The maximum absolute atomic E-state index is 11.9. The zero-order valence-electron chi connectivity index (χ0n) is 9.06. The van der Waals surface area contributed by atoms with Crippen LogP contribution in [0.3, 0.4) is 0 Å². The molecular formula is C11H9N3O2S. The minimum absolute atomic E-state index is 0.0490. The lowest BCUT2D eigenvalue weighted by molar-refractivity contribution is 0.0812. The van der Waals surface area contributed by atoms with Gasteiger partial charge in [-0.1, -0.05) is 0 Å². The topological polar surface area (TPSA) is 73.0 Å². The molecule has 0 aliphatic carbocycles. The highest BCUT2D eigenvalue weighted by atomic mass is 32.1. The molecule has 5 nitrogen and oxygen atoms in total. The van der Waals surface area contributed by atoms with Crippen molar-refractivity contribution in [2.45, 2.75) is 0 Å². The summed E-state index contributed by atoms with van der Waals surface area (Å²) in [5, 5.41) is 8.53. The highest BCUT2D eigenvalue weighted by Gasteiger charge is 2.12. The molecule has 1 N–H and O–H groups in total. The lowest BCUT2D eigenvalue weighted by Crippen LogP contribution is -2.26. The number of carbonyl (C=O) groups is 1. The average Bonchev–Trinajstić information content (AvgIpc) is 2.67. The van der Waals surface area contributed by atoms with Crippen LogP contribution in [0.5, 0.6) is 0 Å². The van der Waals surface area contributed by atoms with Crippen molar-refractivity contribution in [2.24, 2.45) is 0 Å². The molecule has 1 amide bonds. The van der Waals surface area contributed by atoms with E-state index in [1.165, 1.54) is 4.90 Å². The number of fused-ring (bicyclic) bond motifs is 1. The van der Waals surface area contributed by atoms with E-state index in [2.05, 4.69) is 4.98 Å². The molecule has 0 saturated carbocycles. The first kappa shape index (κ1) is 11.4. The van der Waals surface area contributed by atoms with Crippen LogP contribution in [0.15, 0.2) is 22.6 Å². The van der Waals surface area contributed by atoms with Crippen molar-refractivity contribution >= 4 is 29.2 Å². The summed E-state index contributed by atoms with van der Waals surface area (Å²) < 4.78 is 5.22. The minimum atomic E-state index is -0.226. The molecule has 1 aromatic carbocycles. The lowest BCUT2D eigenvalue weighted by Gasteiger charge is -2.12. The Morgan fingerprint density at radius 1 is 1.65 bits per heavy atom. The van der Waals surface area contributed by atoms with E-state index < -0.39 is 0 Å². The SMILES string of the molecule is CN(CC#N)C(=O)c1ccc2[nH]c(=S)oc2c1. The Kier molecular flexibility index (Phi) is 2.93. The molecule has 0 aliphatic rings. The Morgan fingerprint density at radius 3 is 3.12 bits per heavy atom. The number of rotatable bonds is 2. The summed E-state index contributed by atoms with van der Waals surface area (Å²) in [7, 11) is 1.57. The molecule has 86 valence electrons. The van der Waals surface area contributed by atoms with Gasteiger partial charge in [-0.25, -0.2) is 0 Å². The molecule has 0 fully saturated rings. The molecule has 0 aliphatic heterocycles. The van der Waals surface area contributed by atoms with Gasteiger partial charge < -0.3 is 14.3 Å². The molecular weight excluding hydrogens is 238 g/mol. The van der Waals surface area contributed by atoms with Crippen LogP contribution in [-0.4, -0.2) is 29.4 Å². The number of benzene rings is 1. The fourth-order valence-electron chi connectivity index (χ4n) is 1.48. The first-order chi connectivity index (χ1) is 8.11. The van der Waals surface area contributed by atoms with E-state index in [-0.39, 0.29) is 17.3 Å². The van der Waals surface area contributed by atoms with Gasteiger partial charge in [-0.15, -0.1) is 0 Å². The van der Waals surface area contributed by atoms with Gasteiger partial charge in [0.1, 0.15) is 6.54 Å². The number of nitriles is 1. The third-order valence-electron chi connectivity index (χ3n) is 2.32. The largest absolute Gasteiger partial charge is 0.429 e. The number of hydrogen-bond donors (Lipinski definition) is 1. The summed E-state index contributed by atoms with van der Waals surface area (Å²) in [4.78, 5) is 16.3. The fraction of sp³-hybridized carbons (Fsp3) is 0.182. The molecule has 0 unspecified atom stereocenters. The lowest BCUT2D eigenvalue weighted by atomic mass is 10.2. The third-order valence-corrected chi connectivity index (χ3v) is 2.51. The number of aromatic nitrogens is 1. The van der Waals surface area contributed by atoms with E-state index in [4.69, 9.17) is 21.9 Å². The molecule has 0 spiro atoms. The number of amides is 1. The molecule has 17 heavy (non-hydrogen) atoms. The quantitative estimate of drug-likeness (QED) is 0.651. The number of aromatic amines is 1. The Morgan fingerprint density at radius 2 is 2.41 bits per heavy atom. The molecule has 1 aromatic heterocycles. The van der Waals surface area contributed by atoms with E-state index in [9.17, 15) is 4.79 Å². The highest BCUT2D eigenvalue weighted by molar-refractivity contribution is 7.71. The van der Waals surface area contributed by atoms with E-state index in [0.29, 0.717) is 11.1 Å². The number of hydrogen-bond acceptors (Lipinski definition) is 4. The van der Waals surface area contributed by atoms with Crippen molar-refractivity contribution in [2.75, 3.05) is 13.6 Å². The maximum Gasteiger partial charge on any atom is 0.266 e. The Hall–Kier alpha value is -2.13. The van der Waals surface area contributed by atoms with Crippen LogP contribution in [0, 0.1) is 16.2 Å². The maximum atomic E-state index is 11.9. The van der Waals surface area contributed by atoms with Gasteiger partial charge in [-0.2, -0.15) is 5.26 Å². The van der Waals surface area contributed by atoms with Crippen molar-refractivity contribution in [1.29, 1.82) is 5.26 Å². The average molecular weight is 247 g/mol. The summed E-state index contributed by atoms with van der Waals surface area (Å²) in [6, 6.07) is 6.92. The van der Waals surface area contributed by atoms with Crippen molar-refractivity contribution in [1.82, 2.24) is 9.88 Å². The fourth-order valence-corrected chi connectivity index (χ4v) is 1.68. The molecule has 0 bridgehead atoms. The zero-order chi connectivity index (χ0) is 12.4. The normalized spacial score (nSPS) is 10.1. The Balaban J connectivity index is 2.39. The predicted octanol–water partition coefficient (Wildman–Crippen LogP) is 2.09. The molecule has 2 rings (SSSR count). The van der Waals surface area contributed by atoms with Gasteiger partial charge in [0.25, 0.3) is 10.7 Å². The van der Waals surface area contributed by atoms with Crippen LogP contribution in [0.1, 0.15) is 10.4 Å². The predicted molar refractivity (Wildman–Crippen MR) is 64.0 cm³/mol. The summed E-state index contributed by atoms with van der Waals surface area (Å²) in [5.41, 5.74) is 1.74. The van der Waals surface area contributed by atoms with E-state index in [0.717, 1.165) is 5.52 Å². The Labute approximate surface area is 102 Å². The minimum Gasteiger partial charge on any atom is -0.429 e. The summed E-state index contributed by atoms with van der Waals surface area (Å²) in [5.74, 6) is -0.226. The smallest absolute Gasteiger partial charge is 0.266 e. The van der Waals surface area contributed by atoms with Crippen molar-refractivity contribution < 1.29 is 9.21 Å². The second kappa shape index (κ2) is 4.39. The van der Waals surface area contributed by atoms with Crippen molar-refractivity contribution in [3.05, 3.63) is 28.6 Å². The van der Waals surface area contributed by atoms with Crippen LogP contribution < -0.4 is 0 Å². The first-order valence-corrected chi connectivity index (χ1v) is 5.28. The van der Waals surface area contributed by atoms with Crippen LogP contribution in [0.2, 0.25) is 0 Å². The zero-order valence-corrected chi connectivity index (χ0v) is 9.87. The second-order valence-corrected chi connectivity index (χ2v) is 3.92. The third kappa shape index (κ3) is 2.19. The molecule has 0 atom stereocenters. The van der Waals surface area contributed by atoms with Crippen LogP contribution in [-0.2, 0) is 0 Å². The Bertz CT molecular complexity index is 665. The second-order valence-electron chi connectivity index (χ2n) is 3.54. The summed E-state index contributed by atoms with van der Waals surface area (Å²) in [6.07, 6.45) is 0. The number of oxazole rings is 1. The molecule has 0 saturated heterocycles. The number of H-pyrrole nitrogens is 1. The van der Waals surface area contributed by atoms with E-state index in [1.54, 1.807) is 25.2 Å². The van der Waals surface area contributed by atoms with Crippen molar-refractivity contribution in [3.63, 3.8) is 0 Å². The molecule has 2 aromatic rings. The van der Waals surface area contributed by atoms with E-state index in [1.807, 2.05) is 6.07 Å². The first-order valence-electron chi connectivity index (χ1n) is 4.87. The molecule has 6 heteroatoms. The van der Waals surface area contributed by atoms with E-state index >= 15 is 0 Å². The van der Waals surface area contributed by atoms with Gasteiger partial charge in [-0.05, 0) is 30.4 Å². The molecule has 1 heterocycles. The van der Waals surface area contributed by atoms with Crippen LogP contribution in [0.4, 0.5) is 0 Å². The highest BCUT2D eigenvalue weighted by Crippen LogP contribution is 2.16. The number of nitrogens with one attached hydrogen (secondary N) is 1. The monoisotopic (exact) mass is 247 g/mol. The van der Waals surface area contributed by atoms with Gasteiger partial charge in [-0.3, -0.25) is 4.79 Å². The van der Waals surface area contributed by atoms with Crippen LogP contribution >= 0.6 is 12.2 Å². The van der Waals surface area contributed by atoms with Crippen LogP contribution in [0.25, 0.3) is 11.1 Å². The number of nitrogens with zero attached hydrogens (tertiary/aromatic N) is 2. The van der Waals surface area contributed by atoms with Gasteiger partial charge in [0, 0.05) is 12.6 Å². The number of carbonyl (C=O) groups excluding carboxylic acids is 1. The summed E-state index contributed by atoms with van der Waals surface area (Å²) in [6.45, 7) is 0.0490. The van der Waals surface area contributed by atoms with Crippen molar-refractivity contribution in [3.8, 4) is 6.07 Å². The van der Waals surface area contributed by atoms with Gasteiger partial charge >= 0.3 is 0 Å². The standard InChI is InChI=1S/C11H9N3O2S/c1-14(5-4-12)10(15)7-2-3-8-9(6-7)16-11(17)13-8/h2-3,6H,5H2,1H3,(H,13,17). The van der Waals surface area contributed by atoms with Gasteiger partial charge in [0.15, 0.2) is 5.58 Å². The summed E-state index contributed by atoms with van der Waals surface area (Å²) >= 11 is 4.85. The molecule has 0 radical (unpaired) electrons. The van der Waals surface area contributed by atoms with Gasteiger partial charge in [0.05, 0.1) is 11.6 Å².